The van der Waals surface area contributed by atoms with Crippen molar-refractivity contribution in [1.82, 2.24) is 0 Å². The normalized spacial score (nSPS) is 9.77. The molecule has 2 N–H and O–H groups in total. The van der Waals surface area contributed by atoms with Crippen LogP contribution in [0, 0.1) is 0 Å². The van der Waals surface area contributed by atoms with E-state index in [4.69, 9.17) is 5.73 Å². The van der Waals surface area contributed by atoms with Gasteiger partial charge < -0.3 is 5.73 Å². The van der Waals surface area contributed by atoms with Gasteiger partial charge in [-0.3, -0.25) is 4.79 Å². The summed E-state index contributed by atoms with van der Waals surface area (Å²) in [6.07, 6.45) is 4.97. The second-order valence-corrected chi connectivity index (χ2v) is 3.30. The van der Waals surface area contributed by atoms with E-state index in [1.54, 1.807) is 0 Å². The van der Waals surface area contributed by atoms with Crippen molar-refractivity contribution in [2.75, 3.05) is 0 Å². The van der Waals surface area contributed by atoms with E-state index >= 15 is 0 Å². The van der Waals surface area contributed by atoms with E-state index in [0.29, 0.717) is 0 Å². The molecule has 0 aliphatic rings. The van der Waals surface area contributed by atoms with Crippen LogP contribution in [0.1, 0.15) is 52.9 Å². The maximum Gasteiger partial charge on any atom is 0.244 e. The molecule has 0 aliphatic carbocycles. The van der Waals surface area contributed by atoms with Crippen molar-refractivity contribution < 1.29 is 4.79 Å². The summed E-state index contributed by atoms with van der Waals surface area (Å²) >= 11 is 0. The van der Waals surface area contributed by atoms with Gasteiger partial charge in [-0.25, -0.2) is 0 Å². The quantitative estimate of drug-likeness (QED) is 0.632. The van der Waals surface area contributed by atoms with E-state index in [-0.39, 0.29) is 5.91 Å². The topological polar surface area (TPSA) is 43.1 Å². The average molecular weight is 183 g/mol. The molecule has 0 heterocycles. The van der Waals surface area contributed by atoms with Gasteiger partial charge in [0.05, 0.1) is 0 Å². The Kier molecular flexibility index (Phi) is 6.29. The molecule has 0 saturated carbocycles. The molecule has 0 atom stereocenters. The fraction of sp³-hybridized carbons (Fsp3) is 0.727. The Morgan fingerprint density at radius 3 is 1.77 bits per heavy atom. The molecule has 2 nitrogen and oxygen atoms in total. The summed E-state index contributed by atoms with van der Waals surface area (Å²) in [5.74, 6) is -0.237. The van der Waals surface area contributed by atoms with Gasteiger partial charge in [-0.05, 0) is 19.3 Å². The Balaban J connectivity index is 4.65. The number of carbonyl (C=O) groups is 1. The van der Waals surface area contributed by atoms with Gasteiger partial charge in [-0.1, -0.05) is 39.2 Å². The standard InChI is InChI=1S/C11H21NO/c1-4-7-9(8-5-2)10(6-3)11(12)13/h4-8H2,1-3H3,(H2,12,13). The Bertz CT molecular complexity index is 186. The first-order chi connectivity index (χ1) is 6.17. The molecule has 0 aromatic carbocycles. The number of primary amides is 1. The fourth-order valence-corrected chi connectivity index (χ4v) is 1.63. The largest absolute Gasteiger partial charge is 0.366 e. The Morgan fingerprint density at radius 2 is 1.54 bits per heavy atom. The summed E-state index contributed by atoms with van der Waals surface area (Å²) in [6, 6.07) is 0. The molecule has 0 fully saturated rings. The number of amides is 1. The summed E-state index contributed by atoms with van der Waals surface area (Å²) in [7, 11) is 0. The highest BCUT2D eigenvalue weighted by molar-refractivity contribution is 5.92. The Labute approximate surface area is 81.2 Å². The van der Waals surface area contributed by atoms with Gasteiger partial charge in [-0.2, -0.15) is 0 Å². The number of carbonyl (C=O) groups excluding carboxylic acids is 1. The predicted molar refractivity (Wildman–Crippen MR) is 56.3 cm³/mol. The van der Waals surface area contributed by atoms with E-state index in [9.17, 15) is 4.79 Å². The first-order valence-electron chi connectivity index (χ1n) is 5.17. The third-order valence-electron chi connectivity index (χ3n) is 2.18. The average Bonchev–Trinajstić information content (AvgIpc) is 2.05. The highest BCUT2D eigenvalue weighted by atomic mass is 16.1. The molecular formula is C11H21NO. The van der Waals surface area contributed by atoms with Gasteiger partial charge in [0.15, 0.2) is 0 Å². The smallest absolute Gasteiger partial charge is 0.244 e. The van der Waals surface area contributed by atoms with Gasteiger partial charge in [-0.15, -0.1) is 0 Å². The molecule has 0 unspecified atom stereocenters. The van der Waals surface area contributed by atoms with E-state index in [1.165, 1.54) is 5.57 Å². The number of hydrogen-bond donors (Lipinski definition) is 1. The highest BCUT2D eigenvalue weighted by Gasteiger charge is 2.08. The number of allylic oxidation sites excluding steroid dienone is 1. The molecule has 13 heavy (non-hydrogen) atoms. The Hall–Kier alpha value is -0.790. The van der Waals surface area contributed by atoms with Crippen molar-refractivity contribution in [3.05, 3.63) is 11.1 Å². The van der Waals surface area contributed by atoms with Crippen LogP contribution >= 0.6 is 0 Å². The maximum atomic E-state index is 11.1. The zero-order valence-electron chi connectivity index (χ0n) is 9.02. The molecule has 2 heteroatoms. The van der Waals surface area contributed by atoms with Crippen LogP contribution in [0.2, 0.25) is 0 Å². The van der Waals surface area contributed by atoms with Crippen LogP contribution in [0.5, 0.6) is 0 Å². The number of hydrogen-bond acceptors (Lipinski definition) is 1. The first kappa shape index (κ1) is 12.2. The number of rotatable bonds is 6. The molecule has 0 radical (unpaired) electrons. The summed E-state index contributed by atoms with van der Waals surface area (Å²) in [5, 5.41) is 0. The maximum absolute atomic E-state index is 11.1. The second-order valence-electron chi connectivity index (χ2n) is 3.30. The lowest BCUT2D eigenvalue weighted by Crippen LogP contribution is -2.15. The van der Waals surface area contributed by atoms with Crippen molar-refractivity contribution in [3.8, 4) is 0 Å². The molecule has 0 saturated heterocycles. The molecule has 0 bridgehead atoms. The van der Waals surface area contributed by atoms with Crippen molar-refractivity contribution in [2.24, 2.45) is 5.73 Å². The third kappa shape index (κ3) is 4.11. The highest BCUT2D eigenvalue weighted by Crippen LogP contribution is 2.19. The molecule has 1 amide bonds. The lowest BCUT2D eigenvalue weighted by molar-refractivity contribution is -0.114. The number of nitrogens with two attached hydrogens (primary N) is 1. The molecule has 0 aliphatic heterocycles. The molecule has 0 rings (SSSR count). The van der Waals surface area contributed by atoms with Crippen molar-refractivity contribution >= 4 is 5.91 Å². The van der Waals surface area contributed by atoms with Crippen molar-refractivity contribution in [3.63, 3.8) is 0 Å². The fourth-order valence-electron chi connectivity index (χ4n) is 1.63. The SMILES string of the molecule is CCCC(CCC)=C(CC)C(N)=O. The van der Waals surface area contributed by atoms with Crippen LogP contribution in [-0.4, -0.2) is 5.91 Å². The predicted octanol–water partition coefficient (Wildman–Crippen LogP) is 2.78. The zero-order valence-corrected chi connectivity index (χ0v) is 9.02. The third-order valence-corrected chi connectivity index (χ3v) is 2.18. The van der Waals surface area contributed by atoms with Crippen LogP contribution in [-0.2, 0) is 4.79 Å². The van der Waals surface area contributed by atoms with Crippen LogP contribution in [0.4, 0.5) is 0 Å². The lowest BCUT2D eigenvalue weighted by atomic mass is 9.97. The summed E-state index contributed by atoms with van der Waals surface area (Å²) in [4.78, 5) is 11.1. The van der Waals surface area contributed by atoms with Gasteiger partial charge in [0.1, 0.15) is 0 Å². The van der Waals surface area contributed by atoms with Crippen molar-refractivity contribution in [2.45, 2.75) is 52.9 Å². The molecular weight excluding hydrogens is 162 g/mol. The minimum atomic E-state index is -0.237. The Morgan fingerprint density at radius 1 is 1.08 bits per heavy atom. The van der Waals surface area contributed by atoms with Crippen LogP contribution < -0.4 is 5.73 Å². The lowest BCUT2D eigenvalue weighted by Gasteiger charge is -2.09. The van der Waals surface area contributed by atoms with E-state index in [2.05, 4.69) is 13.8 Å². The second kappa shape index (κ2) is 6.70. The zero-order chi connectivity index (χ0) is 10.3. The summed E-state index contributed by atoms with van der Waals surface area (Å²) < 4.78 is 0. The summed E-state index contributed by atoms with van der Waals surface area (Å²) in [6.45, 7) is 6.25. The first-order valence-corrected chi connectivity index (χ1v) is 5.17. The van der Waals surface area contributed by atoms with Gasteiger partial charge >= 0.3 is 0 Å². The van der Waals surface area contributed by atoms with Gasteiger partial charge in [0, 0.05) is 5.57 Å². The summed E-state index contributed by atoms with van der Waals surface area (Å²) in [5.41, 5.74) is 7.43. The monoisotopic (exact) mass is 183 g/mol. The van der Waals surface area contributed by atoms with Crippen LogP contribution in [0.25, 0.3) is 0 Å². The van der Waals surface area contributed by atoms with Gasteiger partial charge in [0.2, 0.25) is 5.91 Å². The van der Waals surface area contributed by atoms with Crippen LogP contribution in [0.3, 0.4) is 0 Å². The molecule has 0 aromatic rings. The minimum absolute atomic E-state index is 0.237. The minimum Gasteiger partial charge on any atom is -0.366 e. The molecule has 0 spiro atoms. The van der Waals surface area contributed by atoms with E-state index in [1.807, 2.05) is 6.92 Å². The molecule has 0 aromatic heterocycles. The van der Waals surface area contributed by atoms with Crippen LogP contribution in [0.15, 0.2) is 11.1 Å². The van der Waals surface area contributed by atoms with Gasteiger partial charge in [0.25, 0.3) is 0 Å². The molecule has 76 valence electrons. The van der Waals surface area contributed by atoms with E-state index in [0.717, 1.165) is 37.7 Å². The van der Waals surface area contributed by atoms with E-state index < -0.39 is 0 Å². The van der Waals surface area contributed by atoms with Crippen molar-refractivity contribution in [1.29, 1.82) is 0 Å².